The summed E-state index contributed by atoms with van der Waals surface area (Å²) in [7, 11) is 0. The fourth-order valence-electron chi connectivity index (χ4n) is 1.81. The Labute approximate surface area is 119 Å². The van der Waals surface area contributed by atoms with Crippen LogP contribution in [0.5, 0.6) is 0 Å². The Bertz CT molecular complexity index is 391. The van der Waals surface area contributed by atoms with Gasteiger partial charge in [-0.15, -0.1) is 0 Å². The Hall–Kier alpha value is -0.280. The number of halogens is 2. The van der Waals surface area contributed by atoms with Gasteiger partial charge in [0.05, 0.1) is 15.6 Å². The average Bonchev–Trinajstić information content (AvgIpc) is 2.23. The van der Waals surface area contributed by atoms with Crippen LogP contribution in [0.1, 0.15) is 32.8 Å². The Morgan fingerprint density at radius 3 is 2.61 bits per heavy atom. The minimum Gasteiger partial charge on any atom is -0.390 e. The molecule has 4 heteroatoms. The van der Waals surface area contributed by atoms with Gasteiger partial charge in [-0.05, 0) is 31.5 Å². The lowest BCUT2D eigenvalue weighted by molar-refractivity contribution is 0.0511. The summed E-state index contributed by atoms with van der Waals surface area (Å²) >= 11 is 12.1. The van der Waals surface area contributed by atoms with E-state index < -0.39 is 5.60 Å². The molecular weight excluding hydrogens is 269 g/mol. The zero-order valence-corrected chi connectivity index (χ0v) is 12.6. The molecule has 102 valence electrons. The van der Waals surface area contributed by atoms with Crippen molar-refractivity contribution in [2.75, 3.05) is 6.54 Å². The van der Waals surface area contributed by atoms with Gasteiger partial charge in [0.1, 0.15) is 0 Å². The second-order valence-electron chi connectivity index (χ2n) is 5.25. The maximum Gasteiger partial charge on any atom is 0.0672 e. The van der Waals surface area contributed by atoms with Crippen molar-refractivity contribution in [2.24, 2.45) is 0 Å². The van der Waals surface area contributed by atoms with Crippen LogP contribution in [-0.2, 0) is 6.42 Å². The molecule has 0 saturated carbocycles. The van der Waals surface area contributed by atoms with Gasteiger partial charge in [0.2, 0.25) is 0 Å². The smallest absolute Gasteiger partial charge is 0.0672 e. The molecule has 0 bridgehead atoms. The molecule has 1 aromatic rings. The van der Waals surface area contributed by atoms with Gasteiger partial charge in [0, 0.05) is 12.5 Å². The van der Waals surface area contributed by atoms with Crippen molar-refractivity contribution < 1.29 is 5.11 Å². The lowest BCUT2D eigenvalue weighted by atomic mass is 9.93. The van der Waals surface area contributed by atoms with Crippen LogP contribution in [0.25, 0.3) is 0 Å². The molecule has 2 N–H and O–H groups in total. The third-order valence-corrected chi connectivity index (χ3v) is 3.68. The Kier molecular flexibility index (Phi) is 5.93. The van der Waals surface area contributed by atoms with E-state index in [1.807, 2.05) is 19.1 Å². The highest BCUT2D eigenvalue weighted by molar-refractivity contribution is 6.42. The van der Waals surface area contributed by atoms with E-state index >= 15 is 0 Å². The highest BCUT2D eigenvalue weighted by atomic mass is 35.5. The normalized spacial score (nSPS) is 14.8. The van der Waals surface area contributed by atoms with Crippen molar-refractivity contribution in [1.29, 1.82) is 0 Å². The molecule has 0 heterocycles. The molecule has 0 fully saturated rings. The zero-order valence-electron chi connectivity index (χ0n) is 11.1. The molecule has 0 aliphatic rings. The van der Waals surface area contributed by atoms with Crippen molar-refractivity contribution in [2.45, 2.75) is 45.3 Å². The average molecular weight is 290 g/mol. The van der Waals surface area contributed by atoms with Crippen LogP contribution in [-0.4, -0.2) is 23.3 Å². The molecule has 18 heavy (non-hydrogen) atoms. The molecular formula is C14H21Cl2NO. The molecule has 0 spiro atoms. The van der Waals surface area contributed by atoms with Gasteiger partial charge in [-0.3, -0.25) is 0 Å². The van der Waals surface area contributed by atoms with E-state index in [-0.39, 0.29) is 0 Å². The van der Waals surface area contributed by atoms with E-state index in [1.54, 1.807) is 6.07 Å². The first-order valence-corrected chi connectivity index (χ1v) is 6.96. The molecule has 0 radical (unpaired) electrons. The molecule has 1 atom stereocenters. The first kappa shape index (κ1) is 15.8. The summed E-state index contributed by atoms with van der Waals surface area (Å²) in [6, 6.07) is 5.93. The monoisotopic (exact) mass is 289 g/mol. The van der Waals surface area contributed by atoms with Crippen molar-refractivity contribution >= 4 is 23.2 Å². The SMILES string of the molecule is CC(C)NCCC(C)(O)Cc1cccc(Cl)c1Cl. The summed E-state index contributed by atoms with van der Waals surface area (Å²) in [6.45, 7) is 6.78. The van der Waals surface area contributed by atoms with E-state index in [9.17, 15) is 5.11 Å². The second kappa shape index (κ2) is 6.76. The molecule has 1 aromatic carbocycles. The number of hydrogen-bond acceptors (Lipinski definition) is 2. The van der Waals surface area contributed by atoms with Gasteiger partial charge in [0.25, 0.3) is 0 Å². The predicted molar refractivity (Wildman–Crippen MR) is 78.5 cm³/mol. The number of benzene rings is 1. The van der Waals surface area contributed by atoms with Crippen LogP contribution in [0.3, 0.4) is 0 Å². The largest absolute Gasteiger partial charge is 0.390 e. The Morgan fingerprint density at radius 1 is 1.33 bits per heavy atom. The highest BCUT2D eigenvalue weighted by Crippen LogP contribution is 2.29. The zero-order chi connectivity index (χ0) is 13.8. The lowest BCUT2D eigenvalue weighted by Crippen LogP contribution is -2.34. The quantitative estimate of drug-likeness (QED) is 0.837. The van der Waals surface area contributed by atoms with Crippen LogP contribution in [0.15, 0.2) is 18.2 Å². The summed E-state index contributed by atoms with van der Waals surface area (Å²) in [4.78, 5) is 0. The second-order valence-corrected chi connectivity index (χ2v) is 6.03. The standard InChI is InChI=1S/C14H21Cl2NO/c1-10(2)17-8-7-14(3,18)9-11-5-4-6-12(15)13(11)16/h4-6,10,17-18H,7-9H2,1-3H3. The summed E-state index contributed by atoms with van der Waals surface area (Å²) in [5.41, 5.74) is 0.106. The van der Waals surface area contributed by atoms with Crippen molar-refractivity contribution in [3.8, 4) is 0 Å². The predicted octanol–water partition coefficient (Wildman–Crippen LogP) is 3.68. The van der Waals surface area contributed by atoms with Crippen LogP contribution in [0.4, 0.5) is 0 Å². The third-order valence-electron chi connectivity index (χ3n) is 2.82. The van der Waals surface area contributed by atoms with E-state index in [0.29, 0.717) is 28.9 Å². The highest BCUT2D eigenvalue weighted by Gasteiger charge is 2.22. The molecule has 2 nitrogen and oxygen atoms in total. The van der Waals surface area contributed by atoms with Crippen molar-refractivity contribution in [3.05, 3.63) is 33.8 Å². The fraction of sp³-hybridized carbons (Fsp3) is 0.571. The van der Waals surface area contributed by atoms with Gasteiger partial charge < -0.3 is 10.4 Å². The minimum atomic E-state index is -0.782. The van der Waals surface area contributed by atoms with Crippen LogP contribution >= 0.6 is 23.2 Å². The van der Waals surface area contributed by atoms with Gasteiger partial charge in [-0.25, -0.2) is 0 Å². The molecule has 1 rings (SSSR count). The topological polar surface area (TPSA) is 32.3 Å². The molecule has 0 saturated heterocycles. The Morgan fingerprint density at radius 2 is 2.00 bits per heavy atom. The van der Waals surface area contributed by atoms with Gasteiger partial charge in [0.15, 0.2) is 0 Å². The maximum absolute atomic E-state index is 10.4. The number of rotatable bonds is 6. The van der Waals surface area contributed by atoms with E-state index in [4.69, 9.17) is 23.2 Å². The summed E-state index contributed by atoms with van der Waals surface area (Å²) in [6.07, 6.45) is 1.18. The fourth-order valence-corrected chi connectivity index (χ4v) is 2.20. The first-order valence-electron chi connectivity index (χ1n) is 6.20. The van der Waals surface area contributed by atoms with Crippen LogP contribution < -0.4 is 5.32 Å². The van der Waals surface area contributed by atoms with Crippen molar-refractivity contribution in [3.63, 3.8) is 0 Å². The number of aliphatic hydroxyl groups is 1. The summed E-state index contributed by atoms with van der Waals surface area (Å²) in [5.74, 6) is 0. The number of hydrogen-bond donors (Lipinski definition) is 2. The first-order chi connectivity index (χ1) is 8.32. The molecule has 0 aromatic heterocycles. The minimum absolute atomic E-state index is 0.426. The molecule has 1 unspecified atom stereocenters. The maximum atomic E-state index is 10.4. The Balaban J connectivity index is 2.61. The molecule has 0 aliphatic carbocycles. The van der Waals surface area contributed by atoms with Gasteiger partial charge in [-0.1, -0.05) is 49.2 Å². The van der Waals surface area contributed by atoms with Crippen LogP contribution in [0.2, 0.25) is 10.0 Å². The third kappa shape index (κ3) is 5.15. The van der Waals surface area contributed by atoms with Crippen molar-refractivity contribution in [1.82, 2.24) is 5.32 Å². The van der Waals surface area contributed by atoms with Crippen LogP contribution in [0, 0.1) is 0 Å². The number of nitrogens with one attached hydrogen (secondary N) is 1. The van der Waals surface area contributed by atoms with Gasteiger partial charge in [-0.2, -0.15) is 0 Å². The van der Waals surface area contributed by atoms with Gasteiger partial charge >= 0.3 is 0 Å². The van der Waals surface area contributed by atoms with E-state index in [2.05, 4.69) is 19.2 Å². The lowest BCUT2D eigenvalue weighted by Gasteiger charge is -2.24. The summed E-state index contributed by atoms with van der Waals surface area (Å²) < 4.78 is 0. The van der Waals surface area contributed by atoms with E-state index in [1.165, 1.54) is 0 Å². The summed E-state index contributed by atoms with van der Waals surface area (Å²) in [5, 5.41) is 14.7. The molecule has 0 amide bonds. The van der Waals surface area contributed by atoms with E-state index in [0.717, 1.165) is 12.1 Å². The molecule has 0 aliphatic heterocycles.